The molecule has 0 aromatic carbocycles. The third-order valence-corrected chi connectivity index (χ3v) is 3.02. The molecular weight excluding hydrogens is 272 g/mol. The number of aromatic amines is 1. The number of halogens is 1. The predicted octanol–water partition coefficient (Wildman–Crippen LogP) is -1.22. The van der Waals surface area contributed by atoms with Crippen molar-refractivity contribution in [2.75, 3.05) is 19.6 Å². The second-order valence-electron chi connectivity index (χ2n) is 4.38. The number of carbonyl (C=O) groups is 1. The highest BCUT2D eigenvalue weighted by Crippen LogP contribution is 2.03. The van der Waals surface area contributed by atoms with E-state index in [9.17, 15) is 14.4 Å². The summed E-state index contributed by atoms with van der Waals surface area (Å²) in [6.07, 6.45) is 1.34. The van der Waals surface area contributed by atoms with Crippen molar-refractivity contribution in [2.24, 2.45) is 0 Å². The molecule has 0 unspecified atom stereocenters. The zero-order valence-corrected chi connectivity index (χ0v) is 11.4. The summed E-state index contributed by atoms with van der Waals surface area (Å²) in [5.41, 5.74) is -1.02. The van der Waals surface area contributed by atoms with Crippen LogP contribution in [0.3, 0.4) is 0 Å². The van der Waals surface area contributed by atoms with Crippen LogP contribution in [0.5, 0.6) is 0 Å². The van der Waals surface area contributed by atoms with Crippen LogP contribution in [0.15, 0.2) is 21.9 Å². The fraction of sp³-hybridized carbons (Fsp3) is 0.545. The van der Waals surface area contributed by atoms with Crippen molar-refractivity contribution in [1.82, 2.24) is 19.8 Å². The summed E-state index contributed by atoms with van der Waals surface area (Å²) in [6.45, 7) is 4.07. The summed E-state index contributed by atoms with van der Waals surface area (Å²) in [5, 5.41) is 3.19. The number of amides is 1. The van der Waals surface area contributed by atoms with Gasteiger partial charge in [0.25, 0.3) is 5.56 Å². The molecule has 19 heavy (non-hydrogen) atoms. The molecule has 1 aliphatic rings. The lowest BCUT2D eigenvalue weighted by Gasteiger charge is -2.34. The zero-order valence-electron chi connectivity index (χ0n) is 10.6. The zero-order chi connectivity index (χ0) is 13.1. The van der Waals surface area contributed by atoms with E-state index >= 15 is 0 Å². The van der Waals surface area contributed by atoms with Gasteiger partial charge in [0.05, 0.1) is 0 Å². The van der Waals surface area contributed by atoms with E-state index in [0.29, 0.717) is 6.54 Å². The van der Waals surface area contributed by atoms with Gasteiger partial charge in [-0.15, -0.1) is 12.4 Å². The van der Waals surface area contributed by atoms with Crippen molar-refractivity contribution in [3.8, 4) is 0 Å². The lowest BCUT2D eigenvalue weighted by atomic mass is 10.2. The highest BCUT2D eigenvalue weighted by atomic mass is 35.5. The van der Waals surface area contributed by atoms with Crippen molar-refractivity contribution in [2.45, 2.75) is 19.5 Å². The van der Waals surface area contributed by atoms with Crippen LogP contribution in [0.2, 0.25) is 0 Å². The van der Waals surface area contributed by atoms with Gasteiger partial charge in [-0.3, -0.25) is 19.1 Å². The molecule has 1 aromatic rings. The van der Waals surface area contributed by atoms with Crippen LogP contribution in [0.4, 0.5) is 0 Å². The first-order valence-electron chi connectivity index (χ1n) is 5.88. The number of piperazine rings is 1. The Balaban J connectivity index is 0.00000180. The van der Waals surface area contributed by atoms with Gasteiger partial charge >= 0.3 is 5.69 Å². The van der Waals surface area contributed by atoms with Gasteiger partial charge in [0.15, 0.2) is 0 Å². The van der Waals surface area contributed by atoms with Crippen molar-refractivity contribution < 1.29 is 4.79 Å². The summed E-state index contributed by atoms with van der Waals surface area (Å²) in [5.74, 6) is -0.113. The molecule has 2 heterocycles. The number of rotatable bonds is 2. The SMILES string of the molecule is C[C@@H]1CNCCN1C(=O)Cn1ccc(=O)[nH]c1=O.Cl. The Bertz CT molecular complexity index is 553. The first kappa shape index (κ1) is 15.5. The summed E-state index contributed by atoms with van der Waals surface area (Å²) in [6, 6.07) is 1.35. The molecule has 0 aliphatic carbocycles. The first-order chi connectivity index (χ1) is 8.58. The Hall–Kier alpha value is -1.60. The monoisotopic (exact) mass is 288 g/mol. The number of hydrogen-bond donors (Lipinski definition) is 2. The van der Waals surface area contributed by atoms with Gasteiger partial charge < -0.3 is 10.2 Å². The van der Waals surface area contributed by atoms with Crippen LogP contribution in [0.25, 0.3) is 0 Å². The van der Waals surface area contributed by atoms with Crippen molar-refractivity contribution in [3.05, 3.63) is 33.1 Å². The Labute approximate surface area is 116 Å². The average Bonchev–Trinajstić information content (AvgIpc) is 2.33. The summed E-state index contributed by atoms with van der Waals surface area (Å²) in [4.78, 5) is 38.3. The smallest absolute Gasteiger partial charge is 0.328 e. The van der Waals surface area contributed by atoms with Crippen LogP contribution in [-0.2, 0) is 11.3 Å². The van der Waals surface area contributed by atoms with Gasteiger partial charge in [0.1, 0.15) is 6.54 Å². The number of hydrogen-bond acceptors (Lipinski definition) is 4. The molecule has 0 saturated carbocycles. The molecule has 1 aliphatic heterocycles. The highest BCUT2D eigenvalue weighted by molar-refractivity contribution is 5.85. The second kappa shape index (κ2) is 6.53. The molecule has 0 radical (unpaired) electrons. The van der Waals surface area contributed by atoms with Gasteiger partial charge in [-0.25, -0.2) is 4.79 Å². The van der Waals surface area contributed by atoms with E-state index in [-0.39, 0.29) is 30.9 Å². The minimum absolute atomic E-state index is 0. The van der Waals surface area contributed by atoms with E-state index in [4.69, 9.17) is 0 Å². The Kier molecular flexibility index (Phi) is 5.31. The van der Waals surface area contributed by atoms with Gasteiger partial charge in [0.2, 0.25) is 5.91 Å². The average molecular weight is 289 g/mol. The largest absolute Gasteiger partial charge is 0.336 e. The fourth-order valence-electron chi connectivity index (χ4n) is 2.02. The number of nitrogens with one attached hydrogen (secondary N) is 2. The van der Waals surface area contributed by atoms with Gasteiger partial charge in [-0.1, -0.05) is 0 Å². The summed E-state index contributed by atoms with van der Waals surface area (Å²) in [7, 11) is 0. The molecule has 1 fully saturated rings. The molecule has 0 bridgehead atoms. The van der Waals surface area contributed by atoms with Gasteiger partial charge in [0, 0.05) is 37.9 Å². The predicted molar refractivity (Wildman–Crippen MR) is 72.6 cm³/mol. The maximum absolute atomic E-state index is 12.1. The fourth-order valence-corrected chi connectivity index (χ4v) is 2.02. The minimum atomic E-state index is -0.557. The van der Waals surface area contributed by atoms with Crippen LogP contribution < -0.4 is 16.6 Å². The van der Waals surface area contributed by atoms with Crippen molar-refractivity contribution in [3.63, 3.8) is 0 Å². The molecule has 1 aromatic heterocycles. The van der Waals surface area contributed by atoms with E-state index in [1.165, 1.54) is 16.8 Å². The van der Waals surface area contributed by atoms with Crippen molar-refractivity contribution >= 4 is 18.3 Å². The van der Waals surface area contributed by atoms with Crippen LogP contribution in [0, 0.1) is 0 Å². The molecule has 1 amide bonds. The Morgan fingerprint density at radius 1 is 1.47 bits per heavy atom. The molecule has 0 spiro atoms. The molecule has 7 nitrogen and oxygen atoms in total. The third-order valence-electron chi connectivity index (χ3n) is 3.02. The molecule has 1 atom stereocenters. The number of carbonyl (C=O) groups excluding carboxylic acids is 1. The first-order valence-corrected chi connectivity index (χ1v) is 5.88. The van der Waals surface area contributed by atoms with E-state index in [2.05, 4.69) is 10.3 Å². The van der Waals surface area contributed by atoms with E-state index in [1.54, 1.807) is 4.90 Å². The number of H-pyrrole nitrogens is 1. The van der Waals surface area contributed by atoms with E-state index in [0.717, 1.165) is 13.1 Å². The van der Waals surface area contributed by atoms with Gasteiger partial charge in [-0.05, 0) is 6.92 Å². The highest BCUT2D eigenvalue weighted by Gasteiger charge is 2.23. The number of nitrogens with zero attached hydrogens (tertiary/aromatic N) is 2. The second-order valence-corrected chi connectivity index (χ2v) is 4.38. The number of aromatic nitrogens is 2. The lowest BCUT2D eigenvalue weighted by molar-refractivity contribution is -0.134. The molecule has 1 saturated heterocycles. The van der Waals surface area contributed by atoms with Crippen LogP contribution >= 0.6 is 12.4 Å². The Morgan fingerprint density at radius 2 is 2.21 bits per heavy atom. The minimum Gasteiger partial charge on any atom is -0.336 e. The molecular formula is C11H17ClN4O3. The molecule has 2 rings (SSSR count). The summed E-state index contributed by atoms with van der Waals surface area (Å²) >= 11 is 0. The van der Waals surface area contributed by atoms with E-state index < -0.39 is 11.2 Å². The normalized spacial score (nSPS) is 18.8. The molecule has 2 N–H and O–H groups in total. The topological polar surface area (TPSA) is 87.2 Å². The van der Waals surface area contributed by atoms with Gasteiger partial charge in [-0.2, -0.15) is 0 Å². The van der Waals surface area contributed by atoms with E-state index in [1.807, 2.05) is 6.92 Å². The quantitative estimate of drug-likeness (QED) is 0.714. The maximum Gasteiger partial charge on any atom is 0.328 e. The maximum atomic E-state index is 12.1. The lowest BCUT2D eigenvalue weighted by Crippen LogP contribution is -2.53. The van der Waals surface area contributed by atoms with Crippen molar-refractivity contribution in [1.29, 1.82) is 0 Å². The third kappa shape index (κ3) is 3.68. The van der Waals surface area contributed by atoms with Crippen LogP contribution in [0.1, 0.15) is 6.92 Å². The molecule has 8 heteroatoms. The Morgan fingerprint density at radius 3 is 2.84 bits per heavy atom. The standard InChI is InChI=1S/C11H16N4O3.ClH/c1-8-6-12-3-5-15(8)10(17)7-14-4-2-9(16)13-11(14)18;/h2,4,8,12H,3,5-7H2,1H3,(H,13,16,18);1H/t8-;/m1./s1. The molecule has 106 valence electrons. The summed E-state index contributed by atoms with van der Waals surface area (Å²) < 4.78 is 1.21. The van der Waals surface area contributed by atoms with Crippen LogP contribution in [-0.4, -0.2) is 46.0 Å².